The summed E-state index contributed by atoms with van der Waals surface area (Å²) in [6, 6.07) is 4.52. The number of thiazole rings is 1. The van der Waals surface area contributed by atoms with Crippen LogP contribution in [0.1, 0.15) is 21.5 Å². The van der Waals surface area contributed by atoms with Gasteiger partial charge in [-0.2, -0.15) is 0 Å². The van der Waals surface area contributed by atoms with E-state index >= 15 is 0 Å². The van der Waals surface area contributed by atoms with E-state index in [1.807, 2.05) is 29.8 Å². The van der Waals surface area contributed by atoms with Crippen molar-refractivity contribution < 1.29 is 0 Å². The first-order valence-electron chi connectivity index (χ1n) is 5.92. The highest BCUT2D eigenvalue weighted by atomic mass is 32.1. The Morgan fingerprint density at radius 1 is 1.33 bits per heavy atom. The number of fused-ring (bicyclic) bond motifs is 2. The van der Waals surface area contributed by atoms with Crippen LogP contribution in [-0.4, -0.2) is 16.5 Å². The first-order chi connectivity index (χ1) is 8.92. The molecule has 0 aliphatic carbocycles. The van der Waals surface area contributed by atoms with Gasteiger partial charge in [-0.15, -0.1) is 22.7 Å². The van der Waals surface area contributed by atoms with Gasteiger partial charge in [0.15, 0.2) is 0 Å². The zero-order chi connectivity index (χ0) is 11.9. The van der Waals surface area contributed by atoms with Crippen molar-refractivity contribution in [3.05, 3.63) is 45.4 Å². The molecule has 5 heteroatoms. The van der Waals surface area contributed by atoms with Crippen molar-refractivity contribution in [1.29, 1.82) is 0 Å². The van der Waals surface area contributed by atoms with Crippen molar-refractivity contribution in [1.82, 2.24) is 15.3 Å². The van der Waals surface area contributed by atoms with Crippen molar-refractivity contribution in [2.75, 3.05) is 6.54 Å². The third-order valence-corrected chi connectivity index (χ3v) is 5.34. The normalized spacial score (nSPS) is 19.0. The van der Waals surface area contributed by atoms with E-state index in [1.54, 1.807) is 11.3 Å². The number of nitrogens with zero attached hydrogens (tertiary/aromatic N) is 2. The predicted molar refractivity (Wildman–Crippen MR) is 75.3 cm³/mol. The van der Waals surface area contributed by atoms with Gasteiger partial charge < -0.3 is 5.32 Å². The molecule has 1 N–H and O–H groups in total. The average Bonchev–Trinajstić information content (AvgIpc) is 3.04. The van der Waals surface area contributed by atoms with Crippen LogP contribution in [0.15, 0.2) is 29.9 Å². The summed E-state index contributed by atoms with van der Waals surface area (Å²) in [4.78, 5) is 10.3. The third kappa shape index (κ3) is 1.59. The summed E-state index contributed by atoms with van der Waals surface area (Å²) in [7, 11) is 0. The van der Waals surface area contributed by atoms with E-state index in [9.17, 15) is 0 Å². The molecule has 4 heterocycles. The molecule has 3 aromatic rings. The number of hydrogen-bond donors (Lipinski definition) is 1. The molecular formula is C13H11N3S2. The lowest BCUT2D eigenvalue weighted by atomic mass is 10.0. The minimum Gasteiger partial charge on any atom is -0.304 e. The molecule has 18 heavy (non-hydrogen) atoms. The quantitative estimate of drug-likeness (QED) is 0.740. The Bertz CT molecular complexity index is 668. The van der Waals surface area contributed by atoms with Gasteiger partial charge in [-0.25, -0.2) is 4.98 Å². The Morgan fingerprint density at radius 3 is 3.28 bits per heavy atom. The number of thiophene rings is 1. The second-order valence-electron chi connectivity index (χ2n) is 4.33. The average molecular weight is 273 g/mol. The number of rotatable bonds is 1. The lowest BCUT2D eigenvalue weighted by molar-refractivity contribution is 0.573. The fourth-order valence-electron chi connectivity index (χ4n) is 2.39. The molecule has 0 radical (unpaired) electrons. The summed E-state index contributed by atoms with van der Waals surface area (Å²) in [5, 5.41) is 6.90. The molecule has 1 atom stereocenters. The van der Waals surface area contributed by atoms with Crippen LogP contribution < -0.4 is 5.32 Å². The molecule has 1 aliphatic rings. The van der Waals surface area contributed by atoms with Crippen LogP contribution in [0.2, 0.25) is 0 Å². The second-order valence-corrected chi connectivity index (χ2v) is 6.39. The first kappa shape index (κ1) is 10.6. The van der Waals surface area contributed by atoms with Gasteiger partial charge in [0.25, 0.3) is 0 Å². The van der Waals surface area contributed by atoms with E-state index in [2.05, 4.69) is 21.7 Å². The molecule has 3 nitrogen and oxygen atoms in total. The maximum Gasteiger partial charge on any atom is 0.116 e. The molecule has 1 unspecified atom stereocenters. The zero-order valence-electron chi connectivity index (χ0n) is 9.59. The van der Waals surface area contributed by atoms with Crippen LogP contribution in [0.3, 0.4) is 0 Å². The SMILES string of the molecule is c1cc2sc(C3NCCc4sccc43)nc2cn1. The van der Waals surface area contributed by atoms with Gasteiger partial charge in [-0.3, -0.25) is 4.98 Å². The third-order valence-electron chi connectivity index (χ3n) is 3.24. The highest BCUT2D eigenvalue weighted by molar-refractivity contribution is 7.18. The summed E-state index contributed by atoms with van der Waals surface area (Å²) in [6.45, 7) is 1.03. The molecule has 0 fully saturated rings. The number of pyridine rings is 1. The van der Waals surface area contributed by atoms with E-state index in [0.29, 0.717) is 0 Å². The van der Waals surface area contributed by atoms with Crippen LogP contribution in [0.5, 0.6) is 0 Å². The van der Waals surface area contributed by atoms with Crippen LogP contribution in [0, 0.1) is 0 Å². The maximum absolute atomic E-state index is 4.71. The molecule has 0 saturated heterocycles. The van der Waals surface area contributed by atoms with Gasteiger partial charge >= 0.3 is 0 Å². The summed E-state index contributed by atoms with van der Waals surface area (Å²) in [5.41, 5.74) is 2.40. The van der Waals surface area contributed by atoms with E-state index < -0.39 is 0 Å². The van der Waals surface area contributed by atoms with Gasteiger partial charge in [0.1, 0.15) is 5.01 Å². The molecule has 1 aliphatic heterocycles. The zero-order valence-corrected chi connectivity index (χ0v) is 11.2. The van der Waals surface area contributed by atoms with Gasteiger partial charge in [0.2, 0.25) is 0 Å². The summed E-state index contributed by atoms with van der Waals surface area (Å²) in [5.74, 6) is 0. The van der Waals surface area contributed by atoms with Crippen LogP contribution in [0.4, 0.5) is 0 Å². The predicted octanol–water partition coefficient (Wildman–Crippen LogP) is 2.99. The van der Waals surface area contributed by atoms with Crippen molar-refractivity contribution in [3.63, 3.8) is 0 Å². The van der Waals surface area contributed by atoms with Crippen LogP contribution in [-0.2, 0) is 6.42 Å². The largest absolute Gasteiger partial charge is 0.304 e. The maximum atomic E-state index is 4.71. The summed E-state index contributed by atoms with van der Waals surface area (Å²) in [6.07, 6.45) is 4.80. The molecule has 0 amide bonds. The van der Waals surface area contributed by atoms with Gasteiger partial charge in [0, 0.05) is 17.6 Å². The summed E-state index contributed by atoms with van der Waals surface area (Å²) < 4.78 is 1.21. The standard InChI is InChI=1S/C13H11N3S2/c1-4-14-7-9-11(1)18-13(16-9)12-8-3-6-17-10(8)2-5-15-12/h1,3-4,6-7,12,15H,2,5H2. The van der Waals surface area contributed by atoms with Gasteiger partial charge in [-0.1, -0.05) is 0 Å². The Kier molecular flexibility index (Phi) is 2.43. The number of hydrogen-bond acceptors (Lipinski definition) is 5. The van der Waals surface area contributed by atoms with E-state index in [-0.39, 0.29) is 6.04 Å². The van der Waals surface area contributed by atoms with Crippen molar-refractivity contribution in [2.45, 2.75) is 12.5 Å². The Hall–Kier alpha value is -1.30. The van der Waals surface area contributed by atoms with E-state index in [0.717, 1.165) is 23.5 Å². The highest BCUT2D eigenvalue weighted by Crippen LogP contribution is 2.35. The molecule has 0 spiro atoms. The Labute approximate surface area is 113 Å². The molecule has 0 aromatic carbocycles. The minimum absolute atomic E-state index is 0.261. The van der Waals surface area contributed by atoms with Gasteiger partial charge in [0.05, 0.1) is 22.5 Å². The molecule has 0 bridgehead atoms. The van der Waals surface area contributed by atoms with Crippen molar-refractivity contribution in [2.24, 2.45) is 0 Å². The molecule has 3 aromatic heterocycles. The van der Waals surface area contributed by atoms with Gasteiger partial charge in [-0.05, 0) is 29.5 Å². The number of nitrogens with one attached hydrogen (secondary N) is 1. The summed E-state index contributed by atoms with van der Waals surface area (Å²) >= 11 is 3.62. The molecular weight excluding hydrogens is 262 g/mol. The lowest BCUT2D eigenvalue weighted by Crippen LogP contribution is -2.29. The molecule has 0 saturated carbocycles. The minimum atomic E-state index is 0.261. The molecule has 90 valence electrons. The second kappa shape index (κ2) is 4.12. The lowest BCUT2D eigenvalue weighted by Gasteiger charge is -2.22. The Morgan fingerprint density at radius 2 is 2.33 bits per heavy atom. The fourth-order valence-corrected chi connectivity index (χ4v) is 4.34. The van der Waals surface area contributed by atoms with Crippen molar-refractivity contribution >= 4 is 32.9 Å². The highest BCUT2D eigenvalue weighted by Gasteiger charge is 2.24. The fraction of sp³-hybridized carbons (Fsp3) is 0.231. The van der Waals surface area contributed by atoms with Crippen LogP contribution >= 0.6 is 22.7 Å². The topological polar surface area (TPSA) is 37.8 Å². The smallest absolute Gasteiger partial charge is 0.116 e. The van der Waals surface area contributed by atoms with E-state index in [1.165, 1.54) is 15.1 Å². The van der Waals surface area contributed by atoms with Crippen molar-refractivity contribution in [3.8, 4) is 0 Å². The molecule has 4 rings (SSSR count). The number of aromatic nitrogens is 2. The Balaban J connectivity index is 1.84. The first-order valence-corrected chi connectivity index (χ1v) is 7.61. The van der Waals surface area contributed by atoms with Crippen LogP contribution in [0.25, 0.3) is 10.2 Å². The van der Waals surface area contributed by atoms with E-state index in [4.69, 9.17) is 4.98 Å². The monoisotopic (exact) mass is 273 g/mol.